The number of hydrogen-bond acceptors (Lipinski definition) is 5. The second kappa shape index (κ2) is 7.05. The van der Waals surface area contributed by atoms with Gasteiger partial charge in [-0.15, -0.1) is 21.5 Å². The fourth-order valence-electron chi connectivity index (χ4n) is 3.41. The van der Waals surface area contributed by atoms with Crippen molar-refractivity contribution < 1.29 is 18.7 Å². The number of thioether (sulfide) groups is 1. The summed E-state index contributed by atoms with van der Waals surface area (Å²) < 4.78 is 29.3. The van der Waals surface area contributed by atoms with Gasteiger partial charge in [-0.05, 0) is 66.1 Å². The quantitative estimate of drug-likeness (QED) is 0.568. The normalized spacial score (nSPS) is 18.9. The van der Waals surface area contributed by atoms with Gasteiger partial charge in [-0.3, -0.25) is 9.36 Å². The number of carboxylic acids is 1. The van der Waals surface area contributed by atoms with E-state index >= 15 is 0 Å². The highest BCUT2D eigenvalue weighted by molar-refractivity contribution is 9.10. The van der Waals surface area contributed by atoms with Crippen LogP contribution in [0.25, 0.3) is 0 Å². The van der Waals surface area contributed by atoms with Crippen molar-refractivity contribution in [2.24, 2.45) is 0 Å². The van der Waals surface area contributed by atoms with Gasteiger partial charge < -0.3 is 5.11 Å². The summed E-state index contributed by atoms with van der Waals surface area (Å²) in [5.74, 6) is -3.14. The summed E-state index contributed by atoms with van der Waals surface area (Å²) in [6.45, 7) is 3.69. The van der Waals surface area contributed by atoms with Crippen LogP contribution in [0.1, 0.15) is 59.9 Å². The van der Waals surface area contributed by atoms with E-state index in [0.29, 0.717) is 28.8 Å². The Bertz CT molecular complexity index is 938. The number of rotatable bonds is 6. The van der Waals surface area contributed by atoms with E-state index in [4.69, 9.17) is 0 Å². The van der Waals surface area contributed by atoms with Crippen molar-refractivity contribution in [2.75, 3.05) is 0 Å². The predicted molar refractivity (Wildman–Crippen MR) is 108 cm³/mol. The van der Waals surface area contributed by atoms with E-state index in [1.54, 1.807) is 25.2 Å². The van der Waals surface area contributed by atoms with Crippen LogP contribution >= 0.6 is 39.0 Å². The largest absolute Gasteiger partial charge is 0.480 e. The van der Waals surface area contributed by atoms with E-state index in [2.05, 4.69) is 26.1 Å². The maximum atomic E-state index is 14.0. The van der Waals surface area contributed by atoms with Crippen LogP contribution in [0.4, 0.5) is 8.78 Å². The smallest absolute Gasteiger partial charge is 0.319 e. The summed E-state index contributed by atoms with van der Waals surface area (Å²) in [6.07, 6.45) is 2.24. The van der Waals surface area contributed by atoms with Crippen LogP contribution in [0.15, 0.2) is 9.89 Å². The molecule has 1 saturated carbocycles. The molecule has 0 saturated heterocycles. The minimum absolute atomic E-state index is 0.120. The minimum Gasteiger partial charge on any atom is -0.480 e. The molecular formula is C18H20BrF2N3O2S2. The van der Waals surface area contributed by atoms with Crippen molar-refractivity contribution in [3.8, 4) is 0 Å². The van der Waals surface area contributed by atoms with Crippen LogP contribution in [0.5, 0.6) is 0 Å². The molecule has 2 heterocycles. The summed E-state index contributed by atoms with van der Waals surface area (Å²) in [6, 6.07) is 0. The van der Waals surface area contributed by atoms with Gasteiger partial charge in [0.15, 0.2) is 5.16 Å². The Morgan fingerprint density at radius 2 is 2.11 bits per heavy atom. The molecule has 4 rings (SSSR count). The molecule has 1 fully saturated rings. The highest BCUT2D eigenvalue weighted by Gasteiger charge is 2.41. The maximum Gasteiger partial charge on any atom is 0.319 e. The van der Waals surface area contributed by atoms with Gasteiger partial charge in [0.2, 0.25) is 4.73 Å². The Morgan fingerprint density at radius 1 is 1.39 bits per heavy atom. The van der Waals surface area contributed by atoms with Crippen molar-refractivity contribution in [3.05, 3.63) is 25.6 Å². The summed E-state index contributed by atoms with van der Waals surface area (Å²) in [4.78, 5) is 13.7. The monoisotopic (exact) mass is 491 g/mol. The lowest BCUT2D eigenvalue weighted by atomic mass is 9.88. The number of alkyl halides is 2. The zero-order valence-corrected chi connectivity index (χ0v) is 18.7. The molecular weight excluding hydrogens is 472 g/mol. The van der Waals surface area contributed by atoms with E-state index in [1.165, 1.54) is 0 Å². The lowest BCUT2D eigenvalue weighted by Crippen LogP contribution is -2.28. The molecule has 2 aromatic rings. The molecule has 152 valence electrons. The highest BCUT2D eigenvalue weighted by Crippen LogP contribution is 2.50. The molecule has 5 nitrogen and oxygen atoms in total. The molecule has 0 spiro atoms. The van der Waals surface area contributed by atoms with E-state index in [0.717, 1.165) is 45.5 Å². The Morgan fingerprint density at radius 3 is 2.75 bits per heavy atom. The predicted octanol–water partition coefficient (Wildman–Crippen LogP) is 5.11. The molecule has 0 unspecified atom stereocenters. The van der Waals surface area contributed by atoms with Gasteiger partial charge in [-0.1, -0.05) is 11.8 Å². The van der Waals surface area contributed by atoms with Crippen LogP contribution < -0.4 is 0 Å². The zero-order valence-electron chi connectivity index (χ0n) is 15.5. The molecule has 10 heteroatoms. The first kappa shape index (κ1) is 20.3. The van der Waals surface area contributed by atoms with Crippen molar-refractivity contribution in [2.45, 2.75) is 74.2 Å². The average molecular weight is 492 g/mol. The summed E-state index contributed by atoms with van der Waals surface area (Å²) in [5, 5.41) is 18.1. The molecule has 0 bridgehead atoms. The number of hydrogen-bond donors (Lipinski definition) is 1. The molecule has 0 atom stereocenters. The third-order valence-electron chi connectivity index (χ3n) is 5.19. The zero-order chi connectivity index (χ0) is 20.3. The van der Waals surface area contributed by atoms with Gasteiger partial charge in [0.05, 0.1) is 6.54 Å². The van der Waals surface area contributed by atoms with E-state index < -0.39 is 16.6 Å². The number of fused-ring (bicyclic) bond motifs is 1. The van der Waals surface area contributed by atoms with Crippen LogP contribution in [-0.2, 0) is 24.2 Å². The first-order valence-corrected chi connectivity index (χ1v) is 11.5. The van der Waals surface area contributed by atoms with Crippen LogP contribution in [0.2, 0.25) is 0 Å². The topological polar surface area (TPSA) is 68.0 Å². The molecule has 2 aliphatic rings. The number of nitrogens with zero attached hydrogens (tertiary/aromatic N) is 3. The van der Waals surface area contributed by atoms with Crippen LogP contribution in [0, 0.1) is 0 Å². The molecule has 0 aromatic carbocycles. The fourth-order valence-corrected chi connectivity index (χ4v) is 6.31. The lowest BCUT2D eigenvalue weighted by molar-refractivity contribution is -0.138. The molecule has 0 aliphatic heterocycles. The molecule has 2 aliphatic carbocycles. The molecule has 2 aromatic heterocycles. The van der Waals surface area contributed by atoms with Crippen molar-refractivity contribution in [3.63, 3.8) is 0 Å². The Labute approximate surface area is 178 Å². The van der Waals surface area contributed by atoms with Gasteiger partial charge in [0.1, 0.15) is 4.75 Å². The second-order valence-electron chi connectivity index (χ2n) is 7.91. The summed E-state index contributed by atoms with van der Waals surface area (Å²) in [7, 11) is 0. The van der Waals surface area contributed by atoms with E-state index in [1.807, 2.05) is 4.57 Å². The van der Waals surface area contributed by atoms with Gasteiger partial charge >= 0.3 is 5.97 Å². The maximum absolute atomic E-state index is 14.0. The third kappa shape index (κ3) is 3.87. The first-order chi connectivity index (χ1) is 13.1. The average Bonchev–Trinajstić information content (AvgIpc) is 3.31. The highest BCUT2D eigenvalue weighted by atomic mass is 79.9. The first-order valence-electron chi connectivity index (χ1n) is 9.09. The Kier molecular flexibility index (Phi) is 5.11. The fraction of sp³-hybridized carbons (Fsp3) is 0.611. The molecule has 1 N–H and O–H groups in total. The van der Waals surface area contributed by atoms with Crippen molar-refractivity contribution in [1.29, 1.82) is 0 Å². The minimum atomic E-state index is -2.63. The molecule has 0 radical (unpaired) electrons. The number of thiophene rings is 1. The second-order valence-corrected chi connectivity index (χ2v) is 11.3. The Balaban J connectivity index is 1.68. The van der Waals surface area contributed by atoms with E-state index in [9.17, 15) is 18.7 Å². The number of halogens is 3. The standard InChI is InChI=1S/C18H20BrF2N3O2S2/c1-17(2,14(25)26)28-16-23-22-15(19)24(16)8-12-10-5-6-18(20,21)7-11(10)13(27-12)9-3-4-9/h9H,3-8H2,1-2H3,(H,25,26). The van der Waals surface area contributed by atoms with Gasteiger partial charge in [-0.25, -0.2) is 8.78 Å². The molecule has 28 heavy (non-hydrogen) atoms. The Hall–Kier alpha value is -1.00. The van der Waals surface area contributed by atoms with Crippen molar-refractivity contribution in [1.82, 2.24) is 14.8 Å². The number of aliphatic carboxylic acids is 1. The summed E-state index contributed by atoms with van der Waals surface area (Å²) in [5.41, 5.74) is 1.90. The lowest BCUT2D eigenvalue weighted by Gasteiger charge is -2.24. The number of aromatic nitrogens is 3. The van der Waals surface area contributed by atoms with E-state index in [-0.39, 0.29) is 12.8 Å². The van der Waals surface area contributed by atoms with Gasteiger partial charge in [0.25, 0.3) is 5.92 Å². The summed E-state index contributed by atoms with van der Waals surface area (Å²) >= 11 is 6.15. The third-order valence-corrected chi connectivity index (χ3v) is 8.37. The van der Waals surface area contributed by atoms with Crippen LogP contribution in [-0.4, -0.2) is 36.5 Å². The SMILES string of the molecule is CC(C)(Sc1nnc(Br)n1Cc1sc(C2CC2)c2c1CCC(F)(F)C2)C(=O)O. The van der Waals surface area contributed by atoms with Crippen molar-refractivity contribution >= 4 is 45.0 Å². The molecule has 0 amide bonds. The van der Waals surface area contributed by atoms with Gasteiger partial charge in [-0.2, -0.15) is 0 Å². The number of carbonyl (C=O) groups is 1. The van der Waals surface area contributed by atoms with Gasteiger partial charge in [0, 0.05) is 22.6 Å². The van der Waals surface area contributed by atoms with Crippen LogP contribution in [0.3, 0.4) is 0 Å². The number of carboxylic acid groups (broad SMARTS) is 1.